The molecule has 0 aliphatic carbocycles. The highest BCUT2D eigenvalue weighted by molar-refractivity contribution is 7.92. The number of piperidine rings is 1. The van der Waals surface area contributed by atoms with Gasteiger partial charge < -0.3 is 9.88 Å². The first-order valence-corrected chi connectivity index (χ1v) is 12.2. The topological polar surface area (TPSA) is 56.4 Å². The Balaban J connectivity index is 1.29. The molecular formula is C23H27N3O2S. The molecule has 152 valence electrons. The Hall–Kier alpha value is -2.31. The van der Waals surface area contributed by atoms with Gasteiger partial charge in [0.1, 0.15) is 0 Å². The number of anilines is 1. The zero-order valence-electron chi connectivity index (χ0n) is 16.8. The molecule has 0 amide bonds. The highest BCUT2D eigenvalue weighted by Crippen LogP contribution is 2.47. The summed E-state index contributed by atoms with van der Waals surface area (Å²) in [6, 6.07) is 16.5. The highest BCUT2D eigenvalue weighted by atomic mass is 32.2. The first kappa shape index (κ1) is 18.7. The predicted octanol–water partition coefficient (Wildman–Crippen LogP) is 3.52. The van der Waals surface area contributed by atoms with E-state index < -0.39 is 10.0 Å². The molecule has 0 atom stereocenters. The Morgan fingerprint density at radius 3 is 2.55 bits per heavy atom. The van der Waals surface area contributed by atoms with Crippen LogP contribution in [0.25, 0.3) is 10.9 Å². The van der Waals surface area contributed by atoms with Gasteiger partial charge in [0, 0.05) is 35.6 Å². The molecule has 1 spiro atoms. The van der Waals surface area contributed by atoms with E-state index in [0.29, 0.717) is 6.54 Å². The number of likely N-dealkylation sites (tertiary alicyclic amines) is 1. The molecule has 3 aromatic rings. The van der Waals surface area contributed by atoms with Crippen molar-refractivity contribution in [2.45, 2.75) is 24.7 Å². The number of H-pyrrole nitrogens is 1. The van der Waals surface area contributed by atoms with Gasteiger partial charge in [0.05, 0.1) is 11.9 Å². The zero-order valence-corrected chi connectivity index (χ0v) is 17.6. The molecule has 29 heavy (non-hydrogen) atoms. The molecule has 5 rings (SSSR count). The monoisotopic (exact) mass is 409 g/mol. The van der Waals surface area contributed by atoms with Crippen molar-refractivity contribution in [3.8, 4) is 0 Å². The summed E-state index contributed by atoms with van der Waals surface area (Å²) in [5, 5.41) is 1.31. The fraction of sp³-hybridized carbons (Fsp3) is 0.391. The quantitative estimate of drug-likeness (QED) is 0.717. The first-order valence-electron chi connectivity index (χ1n) is 10.3. The average Bonchev–Trinajstić information content (AvgIpc) is 3.28. The molecule has 0 bridgehead atoms. The van der Waals surface area contributed by atoms with E-state index >= 15 is 0 Å². The molecule has 2 aromatic carbocycles. The first-order chi connectivity index (χ1) is 14.0. The molecular weight excluding hydrogens is 382 g/mol. The minimum Gasteiger partial charge on any atom is -0.361 e. The van der Waals surface area contributed by atoms with Gasteiger partial charge in [-0.1, -0.05) is 36.4 Å². The second kappa shape index (κ2) is 6.89. The van der Waals surface area contributed by atoms with E-state index in [1.54, 1.807) is 4.31 Å². The lowest BCUT2D eigenvalue weighted by molar-refractivity contribution is 0.169. The fourth-order valence-electron chi connectivity index (χ4n) is 5.13. The Morgan fingerprint density at radius 2 is 1.76 bits per heavy atom. The number of fused-ring (bicyclic) bond motifs is 3. The minimum absolute atomic E-state index is 0.0447. The van der Waals surface area contributed by atoms with Crippen LogP contribution in [0.15, 0.2) is 54.7 Å². The van der Waals surface area contributed by atoms with Crippen LogP contribution in [0, 0.1) is 0 Å². The maximum absolute atomic E-state index is 12.3. The number of sulfonamides is 1. The van der Waals surface area contributed by atoms with Crippen LogP contribution in [0.2, 0.25) is 0 Å². The van der Waals surface area contributed by atoms with Gasteiger partial charge in [-0.05, 0) is 55.6 Å². The van der Waals surface area contributed by atoms with Gasteiger partial charge in [0.25, 0.3) is 0 Å². The van der Waals surface area contributed by atoms with Crippen molar-refractivity contribution in [2.75, 3.05) is 36.7 Å². The SMILES string of the molecule is CS(=O)(=O)N1CC2(CCN(CCc3c[nH]c4ccccc34)CC2)c2ccccc21. The van der Waals surface area contributed by atoms with Crippen LogP contribution in [0.3, 0.4) is 0 Å². The van der Waals surface area contributed by atoms with Crippen molar-refractivity contribution < 1.29 is 8.42 Å². The number of nitrogens with one attached hydrogen (secondary N) is 1. The number of hydrogen-bond donors (Lipinski definition) is 1. The van der Waals surface area contributed by atoms with Crippen molar-refractivity contribution in [3.63, 3.8) is 0 Å². The Bertz CT molecular complexity index is 1140. The number of aromatic nitrogens is 1. The second-order valence-electron chi connectivity index (χ2n) is 8.52. The Labute approximate surface area is 172 Å². The lowest BCUT2D eigenvalue weighted by atomic mass is 9.74. The summed E-state index contributed by atoms with van der Waals surface area (Å²) in [5.74, 6) is 0. The maximum atomic E-state index is 12.3. The van der Waals surface area contributed by atoms with Crippen molar-refractivity contribution in [1.29, 1.82) is 0 Å². The largest absolute Gasteiger partial charge is 0.361 e. The number of aromatic amines is 1. The van der Waals surface area contributed by atoms with E-state index in [-0.39, 0.29) is 5.41 Å². The van der Waals surface area contributed by atoms with Crippen LogP contribution in [0.4, 0.5) is 5.69 Å². The van der Waals surface area contributed by atoms with Crippen LogP contribution >= 0.6 is 0 Å². The van der Waals surface area contributed by atoms with Gasteiger partial charge in [-0.2, -0.15) is 0 Å². The second-order valence-corrected chi connectivity index (χ2v) is 10.4. The van der Waals surface area contributed by atoms with Crippen LogP contribution < -0.4 is 4.31 Å². The van der Waals surface area contributed by atoms with Gasteiger partial charge in [0.2, 0.25) is 10.0 Å². The molecule has 1 fully saturated rings. The lowest BCUT2D eigenvalue weighted by Gasteiger charge is -2.39. The third-order valence-corrected chi connectivity index (χ3v) is 7.90. The molecule has 5 nitrogen and oxygen atoms in total. The molecule has 2 aliphatic heterocycles. The fourth-order valence-corrected chi connectivity index (χ4v) is 6.13. The lowest BCUT2D eigenvalue weighted by Crippen LogP contribution is -2.46. The average molecular weight is 410 g/mol. The Morgan fingerprint density at radius 1 is 1.03 bits per heavy atom. The van der Waals surface area contributed by atoms with Crippen LogP contribution in [0.1, 0.15) is 24.0 Å². The van der Waals surface area contributed by atoms with Gasteiger partial charge >= 0.3 is 0 Å². The summed E-state index contributed by atoms with van der Waals surface area (Å²) >= 11 is 0. The number of nitrogens with zero attached hydrogens (tertiary/aromatic N) is 2. The maximum Gasteiger partial charge on any atom is 0.232 e. The summed E-state index contributed by atoms with van der Waals surface area (Å²) in [4.78, 5) is 5.89. The summed E-state index contributed by atoms with van der Waals surface area (Å²) in [7, 11) is -3.25. The van der Waals surface area contributed by atoms with Gasteiger partial charge in [-0.15, -0.1) is 0 Å². The van der Waals surface area contributed by atoms with Crippen molar-refractivity contribution in [2.24, 2.45) is 0 Å². The molecule has 2 aliphatic rings. The van der Waals surface area contributed by atoms with Gasteiger partial charge in [-0.25, -0.2) is 8.42 Å². The van der Waals surface area contributed by atoms with E-state index in [9.17, 15) is 8.42 Å². The summed E-state index contributed by atoms with van der Waals surface area (Å²) in [5.41, 5.74) is 4.61. The van der Waals surface area contributed by atoms with E-state index in [2.05, 4.69) is 46.4 Å². The predicted molar refractivity (Wildman–Crippen MR) is 118 cm³/mol. The molecule has 1 aromatic heterocycles. The van der Waals surface area contributed by atoms with E-state index in [0.717, 1.165) is 44.6 Å². The van der Waals surface area contributed by atoms with Crippen molar-refractivity contribution in [3.05, 3.63) is 65.9 Å². The molecule has 1 N–H and O–H groups in total. The molecule has 3 heterocycles. The highest BCUT2D eigenvalue weighted by Gasteiger charge is 2.46. The van der Waals surface area contributed by atoms with Gasteiger partial charge in [0.15, 0.2) is 0 Å². The third-order valence-electron chi connectivity index (χ3n) is 6.78. The van der Waals surface area contributed by atoms with E-state index in [4.69, 9.17) is 0 Å². The standard InChI is InChI=1S/C23H27N3O2S/c1-29(27,28)26-17-23(20-7-3-5-9-22(20)26)11-14-25(15-12-23)13-10-18-16-24-21-8-4-2-6-19(18)21/h2-9,16,24H,10-15,17H2,1H3. The third kappa shape index (κ3) is 3.24. The molecule has 6 heteroatoms. The molecule has 1 saturated heterocycles. The number of benzene rings is 2. The summed E-state index contributed by atoms with van der Waals surface area (Å²) in [6.07, 6.45) is 6.49. The van der Waals surface area contributed by atoms with Gasteiger partial charge in [-0.3, -0.25) is 4.31 Å². The number of hydrogen-bond acceptors (Lipinski definition) is 3. The number of rotatable bonds is 4. The van der Waals surface area contributed by atoms with Crippen LogP contribution in [-0.2, 0) is 21.9 Å². The summed E-state index contributed by atoms with van der Waals surface area (Å²) < 4.78 is 26.3. The van der Waals surface area contributed by atoms with Crippen molar-refractivity contribution in [1.82, 2.24) is 9.88 Å². The normalized spacial score (nSPS) is 19.1. The molecule has 0 unspecified atom stereocenters. The Kier molecular flexibility index (Phi) is 4.44. The van der Waals surface area contributed by atoms with E-state index in [1.807, 2.05) is 18.2 Å². The molecule has 0 saturated carbocycles. The van der Waals surface area contributed by atoms with E-state index in [1.165, 1.54) is 28.3 Å². The van der Waals surface area contributed by atoms with Crippen molar-refractivity contribution >= 4 is 26.6 Å². The van der Waals surface area contributed by atoms with Crippen LogP contribution in [-0.4, -0.2) is 50.7 Å². The summed E-state index contributed by atoms with van der Waals surface area (Å²) in [6.45, 7) is 3.64. The van der Waals surface area contributed by atoms with Crippen LogP contribution in [0.5, 0.6) is 0 Å². The molecule has 0 radical (unpaired) electrons. The zero-order chi connectivity index (χ0) is 20.1. The number of para-hydroxylation sites is 2. The minimum atomic E-state index is -3.25. The smallest absolute Gasteiger partial charge is 0.232 e.